The summed E-state index contributed by atoms with van der Waals surface area (Å²) in [6.07, 6.45) is 6.35. The predicted octanol–water partition coefficient (Wildman–Crippen LogP) is 5.71. The molecular weight excluding hydrogens is 542 g/mol. The summed E-state index contributed by atoms with van der Waals surface area (Å²) in [5.41, 5.74) is 2.51. The average Bonchev–Trinajstić information content (AvgIpc) is 3.72. The molecule has 0 radical (unpaired) electrons. The molecular formula is C31H34F2N6O3. The molecule has 3 aliphatic rings. The molecule has 9 nitrogen and oxygen atoms in total. The van der Waals surface area contributed by atoms with Crippen molar-refractivity contribution < 1.29 is 23.1 Å². The zero-order valence-corrected chi connectivity index (χ0v) is 23.6. The van der Waals surface area contributed by atoms with E-state index >= 15 is 0 Å². The molecule has 42 heavy (non-hydrogen) atoms. The van der Waals surface area contributed by atoms with E-state index in [2.05, 4.69) is 39.1 Å². The van der Waals surface area contributed by atoms with Gasteiger partial charge in [0.05, 0.1) is 25.4 Å². The van der Waals surface area contributed by atoms with Gasteiger partial charge in [0.2, 0.25) is 5.91 Å². The van der Waals surface area contributed by atoms with Gasteiger partial charge < -0.3 is 20.3 Å². The van der Waals surface area contributed by atoms with Crippen LogP contribution in [0.3, 0.4) is 0 Å². The second-order valence-corrected chi connectivity index (χ2v) is 11.1. The molecule has 2 saturated heterocycles. The molecule has 1 aliphatic carbocycles. The Labute approximate surface area is 243 Å². The Hall–Kier alpha value is -4.09. The maximum Gasteiger partial charge on any atom is 0.247 e. The number of benzene rings is 2. The largest absolute Gasteiger partial charge is 0.495 e. The molecule has 2 N–H and O–H groups in total. The van der Waals surface area contributed by atoms with E-state index in [9.17, 15) is 13.6 Å². The summed E-state index contributed by atoms with van der Waals surface area (Å²) in [5, 5.41) is 7.75. The summed E-state index contributed by atoms with van der Waals surface area (Å²) >= 11 is 0. The fraction of sp³-hybridized carbons (Fsp3) is 0.387. The van der Waals surface area contributed by atoms with Crippen LogP contribution >= 0.6 is 0 Å². The third kappa shape index (κ3) is 5.41. The van der Waals surface area contributed by atoms with E-state index in [-0.39, 0.29) is 17.4 Å². The number of fused-ring (bicyclic) bond motifs is 1. The van der Waals surface area contributed by atoms with E-state index in [0.29, 0.717) is 53.7 Å². The van der Waals surface area contributed by atoms with Crippen LogP contribution in [-0.4, -0.2) is 54.1 Å². The van der Waals surface area contributed by atoms with Crippen LogP contribution in [0.4, 0.5) is 31.8 Å². The molecule has 2 aromatic carbocycles. The van der Waals surface area contributed by atoms with Crippen molar-refractivity contribution in [1.29, 1.82) is 0 Å². The number of carbonyl (C=O) groups is 1. The number of methoxy groups -OCH3 is 1. The number of halogens is 2. The van der Waals surface area contributed by atoms with Crippen molar-refractivity contribution in [3.05, 3.63) is 78.1 Å². The Bertz CT molecular complexity index is 1500. The van der Waals surface area contributed by atoms with Crippen LogP contribution < -0.4 is 20.4 Å². The number of rotatable bonds is 8. The Morgan fingerprint density at radius 2 is 1.98 bits per heavy atom. The van der Waals surface area contributed by atoms with E-state index in [1.165, 1.54) is 30.0 Å². The van der Waals surface area contributed by atoms with Gasteiger partial charge in [-0.05, 0) is 86.7 Å². The predicted molar refractivity (Wildman–Crippen MR) is 156 cm³/mol. The topological polar surface area (TPSA) is 91.9 Å². The summed E-state index contributed by atoms with van der Waals surface area (Å²) in [6.45, 7) is 5.06. The molecule has 6 rings (SSSR count). The number of hydrogen-bond donors (Lipinski definition) is 2. The molecule has 3 fully saturated rings. The highest BCUT2D eigenvalue weighted by molar-refractivity contribution is 6.00. The third-order valence-electron chi connectivity index (χ3n) is 8.69. The van der Waals surface area contributed by atoms with Gasteiger partial charge in [-0.15, -0.1) is 0 Å². The quantitative estimate of drug-likeness (QED) is 0.330. The highest BCUT2D eigenvalue weighted by atomic mass is 19.1. The van der Waals surface area contributed by atoms with Gasteiger partial charge in [-0.1, -0.05) is 6.58 Å². The van der Waals surface area contributed by atoms with E-state index in [1.807, 2.05) is 12.1 Å². The Morgan fingerprint density at radius 1 is 1.12 bits per heavy atom. The van der Waals surface area contributed by atoms with Gasteiger partial charge in [0.25, 0.3) is 0 Å². The molecule has 0 bridgehead atoms. The van der Waals surface area contributed by atoms with Crippen LogP contribution in [0.15, 0.2) is 55.4 Å². The summed E-state index contributed by atoms with van der Waals surface area (Å²) in [4.78, 5) is 29.3. The monoisotopic (exact) mass is 576 g/mol. The highest BCUT2D eigenvalue weighted by Gasteiger charge is 2.42. The van der Waals surface area contributed by atoms with Crippen molar-refractivity contribution in [3.8, 4) is 5.75 Å². The number of likely N-dealkylation sites (tertiary alicyclic amines) is 1. The van der Waals surface area contributed by atoms with Crippen molar-refractivity contribution in [3.63, 3.8) is 0 Å². The van der Waals surface area contributed by atoms with Crippen molar-refractivity contribution in [2.75, 3.05) is 43.0 Å². The first kappa shape index (κ1) is 28.0. The molecule has 1 unspecified atom stereocenters. The highest BCUT2D eigenvalue weighted by Crippen LogP contribution is 2.49. The minimum atomic E-state index is -0.553. The smallest absolute Gasteiger partial charge is 0.247 e. The Morgan fingerprint density at radius 3 is 2.76 bits per heavy atom. The fourth-order valence-corrected chi connectivity index (χ4v) is 6.66. The summed E-state index contributed by atoms with van der Waals surface area (Å²) in [7, 11) is 3.78. The molecule has 220 valence electrons. The number of nitrogens with zero attached hydrogens (tertiary/aromatic N) is 4. The summed E-state index contributed by atoms with van der Waals surface area (Å²) in [5.74, 6) is 1.01. The number of carbonyl (C=O) groups excluding carboxylic acids is 1. The van der Waals surface area contributed by atoms with Crippen molar-refractivity contribution >= 4 is 28.9 Å². The number of nitrogens with one attached hydrogen (secondary N) is 2. The lowest BCUT2D eigenvalue weighted by molar-refractivity contribution is -0.111. The lowest BCUT2D eigenvalue weighted by Gasteiger charge is -2.24. The van der Waals surface area contributed by atoms with Crippen LogP contribution in [0, 0.1) is 17.6 Å². The van der Waals surface area contributed by atoms with Gasteiger partial charge in [0.15, 0.2) is 5.82 Å². The number of anilines is 4. The molecule has 11 heteroatoms. The molecule has 2 aliphatic heterocycles. The number of hydroxylamine groups is 1. The third-order valence-corrected chi connectivity index (χ3v) is 8.69. The average molecular weight is 577 g/mol. The minimum absolute atomic E-state index is 0.197. The number of amides is 1. The van der Waals surface area contributed by atoms with E-state index < -0.39 is 17.7 Å². The first-order chi connectivity index (χ1) is 20.3. The maximum absolute atomic E-state index is 14.6. The van der Waals surface area contributed by atoms with Crippen LogP contribution in [0.1, 0.15) is 48.8 Å². The van der Waals surface area contributed by atoms with Crippen molar-refractivity contribution in [2.45, 2.75) is 43.7 Å². The first-order valence-electron chi connectivity index (χ1n) is 14.2. The van der Waals surface area contributed by atoms with E-state index in [1.54, 1.807) is 13.2 Å². The summed E-state index contributed by atoms with van der Waals surface area (Å²) < 4.78 is 34.3. The standard InChI is InChI=1S/C31H34F2N6O3/c1-4-31(40)37-24-15-25(28(41-3)14-21(24)19-11-18-7-9-38(2)27(18)12-19)36-29-16-30(35-17-34-29)39-26(8-10-42-39)22-13-20(32)5-6-23(22)33/h4-6,13-19,26-27H,1,7-12H2,2-3H3,(H,37,40)(H,34,35,36)/t18-,19?,26+,27+/m0/s1. The normalized spacial score (nSPS) is 23.6. The lowest BCUT2D eigenvalue weighted by atomic mass is 9.93. The first-order valence-corrected chi connectivity index (χ1v) is 14.2. The zero-order chi connectivity index (χ0) is 29.4. The van der Waals surface area contributed by atoms with Crippen LogP contribution in [-0.2, 0) is 9.63 Å². The minimum Gasteiger partial charge on any atom is -0.495 e. The van der Waals surface area contributed by atoms with Gasteiger partial charge in [-0.3, -0.25) is 9.63 Å². The molecule has 0 spiro atoms. The fourth-order valence-electron chi connectivity index (χ4n) is 6.66. The molecule has 1 amide bonds. The molecule has 1 saturated carbocycles. The number of ether oxygens (including phenoxy) is 1. The van der Waals surface area contributed by atoms with Crippen molar-refractivity contribution in [2.24, 2.45) is 5.92 Å². The molecule has 1 aromatic heterocycles. The zero-order valence-electron chi connectivity index (χ0n) is 23.6. The van der Waals surface area contributed by atoms with Gasteiger partial charge in [-0.25, -0.2) is 23.8 Å². The van der Waals surface area contributed by atoms with Crippen LogP contribution in [0.2, 0.25) is 0 Å². The molecule has 4 atom stereocenters. The van der Waals surface area contributed by atoms with Gasteiger partial charge in [0, 0.05) is 29.8 Å². The second-order valence-electron chi connectivity index (χ2n) is 11.1. The number of hydrogen-bond acceptors (Lipinski definition) is 8. The second kappa shape index (κ2) is 11.7. The van der Waals surface area contributed by atoms with Gasteiger partial charge in [0.1, 0.15) is 29.5 Å². The molecule has 3 aromatic rings. The van der Waals surface area contributed by atoms with E-state index in [4.69, 9.17) is 9.57 Å². The van der Waals surface area contributed by atoms with Crippen LogP contribution in [0.5, 0.6) is 5.75 Å². The van der Waals surface area contributed by atoms with Gasteiger partial charge in [-0.2, -0.15) is 0 Å². The van der Waals surface area contributed by atoms with Crippen molar-refractivity contribution in [1.82, 2.24) is 14.9 Å². The Balaban J connectivity index is 1.30. The summed E-state index contributed by atoms with van der Waals surface area (Å²) in [6, 6.07) is 8.88. The maximum atomic E-state index is 14.6. The molecule has 3 heterocycles. The van der Waals surface area contributed by atoms with E-state index in [0.717, 1.165) is 37.1 Å². The van der Waals surface area contributed by atoms with Crippen LogP contribution in [0.25, 0.3) is 0 Å². The SMILES string of the molecule is C=CC(=O)Nc1cc(Nc2cc(N3OCC[C@@H]3c3cc(F)ccc3F)ncn2)c(OC)cc1C1C[C@@H]2CCN(C)[C@@H]2C1. The lowest BCUT2D eigenvalue weighted by Crippen LogP contribution is -2.25. The number of aromatic nitrogens is 2. The Kier molecular flexibility index (Phi) is 7.78. The van der Waals surface area contributed by atoms with Gasteiger partial charge >= 0.3 is 0 Å².